The van der Waals surface area contributed by atoms with Gasteiger partial charge in [0.2, 0.25) is 6.04 Å². The number of ether oxygens (including phenoxy) is 1. The molecule has 4 N–H and O–H groups in total. The molecule has 1 unspecified atom stereocenters. The van der Waals surface area contributed by atoms with Crippen molar-refractivity contribution in [3.05, 3.63) is 66.7 Å². The number of hydrogen-bond donors (Lipinski definition) is 4. The van der Waals surface area contributed by atoms with Gasteiger partial charge < -0.3 is 10.1 Å². The van der Waals surface area contributed by atoms with Crippen molar-refractivity contribution in [2.45, 2.75) is 27.7 Å². The molecule has 5 aromatic rings. The lowest BCUT2D eigenvalue weighted by molar-refractivity contribution is -0.126. The first-order valence-electron chi connectivity index (χ1n) is 13.1. The van der Waals surface area contributed by atoms with Crippen LogP contribution in [0, 0.1) is 0 Å². The highest BCUT2D eigenvalue weighted by Crippen LogP contribution is 2.33. The van der Waals surface area contributed by atoms with Gasteiger partial charge in [-0.05, 0) is 60.8 Å². The first-order valence-corrected chi connectivity index (χ1v) is 17.5. The lowest BCUT2D eigenvalue weighted by atomic mass is 10.1. The van der Waals surface area contributed by atoms with Crippen molar-refractivity contribution in [3.8, 4) is 11.4 Å². The molecule has 0 aliphatic heterocycles. The number of nitrogens with zero attached hydrogens (tertiary/aromatic N) is 5. The van der Waals surface area contributed by atoms with E-state index >= 15 is 0 Å². The summed E-state index contributed by atoms with van der Waals surface area (Å²) in [7, 11) is -13.4. The van der Waals surface area contributed by atoms with Gasteiger partial charge in [0.05, 0.1) is 23.4 Å². The van der Waals surface area contributed by atoms with Gasteiger partial charge in [-0.25, -0.2) is 0 Å². The minimum absolute atomic E-state index is 0.0940. The maximum Gasteiger partial charge on any atom is 0.296 e. The molecule has 1 aromatic heterocycles. The van der Waals surface area contributed by atoms with Gasteiger partial charge in [-0.1, -0.05) is 18.2 Å². The average molecular weight is 719 g/mol. The Hall–Kier alpha value is -5.19. The van der Waals surface area contributed by atoms with Crippen LogP contribution in [0.1, 0.15) is 6.92 Å². The van der Waals surface area contributed by atoms with Crippen molar-refractivity contribution in [1.29, 1.82) is 0 Å². The van der Waals surface area contributed by atoms with Crippen molar-refractivity contribution in [1.82, 2.24) is 15.0 Å². The van der Waals surface area contributed by atoms with E-state index in [0.717, 1.165) is 43.3 Å². The molecule has 0 aliphatic rings. The summed E-state index contributed by atoms with van der Waals surface area (Å²) in [5.41, 5.74) is -1.14. The number of benzene rings is 4. The molecule has 0 radical (unpaired) electrons. The van der Waals surface area contributed by atoms with Gasteiger partial charge in [-0.15, -0.1) is 15.0 Å². The van der Waals surface area contributed by atoms with Crippen LogP contribution in [0.4, 0.5) is 11.4 Å². The molecular weight excluding hydrogens is 697 g/mol. The number of amides is 1. The summed E-state index contributed by atoms with van der Waals surface area (Å²) in [6.45, 7) is 1.08. The largest absolute Gasteiger partial charge is 0.495 e. The van der Waals surface area contributed by atoms with Crippen molar-refractivity contribution in [2.24, 2.45) is 10.2 Å². The van der Waals surface area contributed by atoms with E-state index in [-0.39, 0.29) is 27.7 Å². The molecule has 0 fully saturated rings. The molecule has 250 valence electrons. The number of methoxy groups -OCH3 is 1. The standard InChI is InChI=1S/C27H22N6O12S3/c1-14(34)24(27(35)28-19-5-3-4-6-21(19)45-2)30-29-16-7-10-20(22(13-16)47(39,40)41)33-31-25-18-9-8-17(46(36,37)38)11-15(18)12-23(26(25)32-33)48(42,43)44/h3-13,24H,1-2H3,(H,28,35)(H,36,37,38)(H,39,40,41)(H,42,43,44). The third-order valence-corrected chi connectivity index (χ3v) is 9.31. The Morgan fingerprint density at radius 1 is 0.833 bits per heavy atom. The quantitative estimate of drug-likeness (QED) is 0.0918. The molecule has 0 bridgehead atoms. The number of azo groups is 1. The number of carbonyl (C=O) groups is 2. The predicted octanol–water partition coefficient (Wildman–Crippen LogP) is 3.00. The van der Waals surface area contributed by atoms with Crippen molar-refractivity contribution < 1.29 is 53.2 Å². The van der Waals surface area contributed by atoms with Crippen molar-refractivity contribution in [2.75, 3.05) is 12.4 Å². The van der Waals surface area contributed by atoms with E-state index in [4.69, 9.17) is 4.74 Å². The topological polar surface area (TPSA) is 274 Å². The summed E-state index contributed by atoms with van der Waals surface area (Å²) in [5.74, 6) is -1.28. The zero-order chi connectivity index (χ0) is 35.2. The number of hydrogen-bond acceptors (Lipinski definition) is 13. The van der Waals surface area contributed by atoms with E-state index in [1.165, 1.54) is 19.2 Å². The second kappa shape index (κ2) is 12.4. The summed E-state index contributed by atoms with van der Waals surface area (Å²) in [6, 6.07) is 11.7. The summed E-state index contributed by atoms with van der Waals surface area (Å²) in [6.07, 6.45) is 0. The summed E-state index contributed by atoms with van der Waals surface area (Å²) < 4.78 is 107. The van der Waals surface area contributed by atoms with E-state index in [2.05, 4.69) is 25.7 Å². The Kier molecular flexibility index (Phi) is 8.85. The Bertz CT molecular complexity index is 2510. The smallest absolute Gasteiger partial charge is 0.296 e. The second-order valence-electron chi connectivity index (χ2n) is 9.94. The molecule has 18 nitrogen and oxygen atoms in total. The lowest BCUT2D eigenvalue weighted by Gasteiger charge is -2.12. The summed E-state index contributed by atoms with van der Waals surface area (Å²) >= 11 is 0. The molecule has 1 amide bonds. The maximum absolute atomic E-state index is 12.9. The van der Waals surface area contributed by atoms with Gasteiger partial charge in [0, 0.05) is 5.39 Å². The van der Waals surface area contributed by atoms with Crippen LogP contribution in [-0.2, 0) is 39.9 Å². The third-order valence-electron chi connectivity index (χ3n) is 6.71. The first-order chi connectivity index (χ1) is 22.4. The van der Waals surface area contributed by atoms with Crippen LogP contribution in [0.3, 0.4) is 0 Å². The molecule has 0 saturated carbocycles. The molecule has 0 aliphatic carbocycles. The van der Waals surface area contributed by atoms with E-state index in [1.54, 1.807) is 18.2 Å². The number of aromatic nitrogens is 3. The molecule has 4 aromatic carbocycles. The van der Waals surface area contributed by atoms with Gasteiger partial charge >= 0.3 is 0 Å². The first kappa shape index (κ1) is 34.2. The molecular formula is C27H22N6O12S3. The van der Waals surface area contributed by atoms with Crippen LogP contribution >= 0.6 is 0 Å². The molecule has 0 spiro atoms. The van der Waals surface area contributed by atoms with Gasteiger partial charge in [-0.3, -0.25) is 23.2 Å². The molecule has 21 heteroatoms. The van der Waals surface area contributed by atoms with Crippen LogP contribution in [0.15, 0.2) is 91.6 Å². The molecule has 0 saturated heterocycles. The third kappa shape index (κ3) is 6.90. The second-order valence-corrected chi connectivity index (χ2v) is 14.1. The number of anilines is 1. The van der Waals surface area contributed by atoms with Gasteiger partial charge in [0.15, 0.2) is 5.78 Å². The van der Waals surface area contributed by atoms with Crippen LogP contribution in [0.5, 0.6) is 5.75 Å². The predicted molar refractivity (Wildman–Crippen MR) is 166 cm³/mol. The fraction of sp³-hybridized carbons (Fsp3) is 0.111. The SMILES string of the molecule is COc1ccccc1NC(=O)C(N=Nc1ccc(-n2nc3c(S(=O)(=O)O)cc4cc(S(=O)(=O)O)ccc4c3n2)c(S(=O)(=O)O)c1)C(C)=O. The van der Waals surface area contributed by atoms with E-state index in [9.17, 15) is 48.5 Å². The number of ketones is 1. The number of nitrogens with one attached hydrogen (secondary N) is 1. The zero-order valence-corrected chi connectivity index (χ0v) is 26.9. The van der Waals surface area contributed by atoms with Gasteiger partial charge in [-0.2, -0.15) is 35.5 Å². The minimum atomic E-state index is -5.09. The Balaban J connectivity index is 1.59. The fourth-order valence-electron chi connectivity index (χ4n) is 4.53. The number of fused-ring (bicyclic) bond motifs is 3. The molecule has 48 heavy (non-hydrogen) atoms. The van der Waals surface area contributed by atoms with E-state index in [0.29, 0.717) is 10.5 Å². The fourth-order valence-corrected chi connectivity index (χ4v) is 6.39. The summed E-state index contributed by atoms with van der Waals surface area (Å²) in [5, 5.41) is 18.2. The number of para-hydroxylation sites is 2. The number of Topliss-reactive ketones (excluding diaryl/α,β-unsaturated/α-hetero) is 1. The van der Waals surface area contributed by atoms with Crippen LogP contribution in [0.25, 0.3) is 27.5 Å². The normalized spacial score (nSPS) is 13.2. The highest BCUT2D eigenvalue weighted by molar-refractivity contribution is 7.86. The molecule has 5 rings (SSSR count). The van der Waals surface area contributed by atoms with Gasteiger partial charge in [0.25, 0.3) is 36.3 Å². The summed E-state index contributed by atoms with van der Waals surface area (Å²) in [4.78, 5) is 23.5. The number of carbonyl (C=O) groups excluding carboxylic acids is 2. The van der Waals surface area contributed by atoms with Gasteiger partial charge in [0.1, 0.15) is 32.3 Å². The van der Waals surface area contributed by atoms with Crippen molar-refractivity contribution >= 4 is 75.2 Å². The van der Waals surface area contributed by atoms with Crippen LogP contribution in [-0.4, -0.2) is 78.7 Å². The Morgan fingerprint density at radius 2 is 1.50 bits per heavy atom. The van der Waals surface area contributed by atoms with Crippen LogP contribution in [0.2, 0.25) is 0 Å². The van der Waals surface area contributed by atoms with E-state index < -0.39 is 74.0 Å². The van der Waals surface area contributed by atoms with E-state index in [1.807, 2.05) is 0 Å². The van der Waals surface area contributed by atoms with Crippen LogP contribution < -0.4 is 10.1 Å². The number of rotatable bonds is 10. The maximum atomic E-state index is 12.9. The molecule has 1 atom stereocenters. The highest BCUT2D eigenvalue weighted by Gasteiger charge is 2.27. The van der Waals surface area contributed by atoms with Crippen molar-refractivity contribution in [3.63, 3.8) is 0 Å². The lowest BCUT2D eigenvalue weighted by Crippen LogP contribution is -2.31. The monoisotopic (exact) mass is 718 g/mol. The zero-order valence-electron chi connectivity index (χ0n) is 24.4. The Morgan fingerprint density at radius 3 is 2.12 bits per heavy atom. The Labute approximate surface area is 271 Å². The highest BCUT2D eigenvalue weighted by atomic mass is 32.2. The average Bonchev–Trinajstić information content (AvgIpc) is 3.44. The molecule has 1 heterocycles. The minimum Gasteiger partial charge on any atom is -0.495 e.